The van der Waals surface area contributed by atoms with Gasteiger partial charge >= 0.3 is 6.09 Å². The maximum absolute atomic E-state index is 12.6. The minimum Gasteiger partial charge on any atom is -0.444 e. The molecule has 2 saturated heterocycles. The largest absolute Gasteiger partial charge is 0.444 e. The van der Waals surface area contributed by atoms with E-state index in [1.54, 1.807) is 11.1 Å². The summed E-state index contributed by atoms with van der Waals surface area (Å²) in [6, 6.07) is 4.66. The van der Waals surface area contributed by atoms with E-state index in [9.17, 15) is 10.1 Å². The van der Waals surface area contributed by atoms with Crippen molar-refractivity contribution in [2.45, 2.75) is 57.6 Å². The number of ether oxygens (including phenoxy) is 2. The molecule has 2 fully saturated rings. The highest BCUT2D eigenvalue weighted by molar-refractivity contribution is 5.87. The molecule has 2 aliphatic rings. The number of piperidine rings is 1. The molecule has 0 bridgehead atoms. The molecule has 1 amide bonds. The minimum atomic E-state index is -0.835. The molecule has 0 radical (unpaired) electrons. The van der Waals surface area contributed by atoms with Crippen LogP contribution in [0.4, 0.5) is 10.6 Å². The van der Waals surface area contributed by atoms with Crippen LogP contribution in [0.5, 0.6) is 0 Å². The Bertz CT molecular complexity index is 1210. The fourth-order valence-electron chi connectivity index (χ4n) is 4.78. The van der Waals surface area contributed by atoms with E-state index < -0.39 is 11.0 Å². The molecule has 0 unspecified atom stereocenters. The second-order valence-electron chi connectivity index (χ2n) is 10.4. The third kappa shape index (κ3) is 4.86. The van der Waals surface area contributed by atoms with Gasteiger partial charge in [-0.25, -0.2) is 9.78 Å². The molecule has 0 spiro atoms. The summed E-state index contributed by atoms with van der Waals surface area (Å²) in [6.45, 7) is 10.2. The number of nitrogens with zero attached hydrogens (tertiary/aromatic N) is 6. The Morgan fingerprint density at radius 1 is 1.36 bits per heavy atom. The molecule has 2 aromatic heterocycles. The van der Waals surface area contributed by atoms with E-state index >= 15 is 0 Å². The smallest absolute Gasteiger partial charge is 0.410 e. The molecule has 2 aliphatic heterocycles. The SMILES string of the molecule is C[C@@H]1COCCN1c1cc(C2(C#N)CCN(C(=O)OC(C)(C)C)CC2)c2cnn(C(N)=CC=N)c2n1. The molecule has 4 heterocycles. The molecular formula is C25H34N8O3. The van der Waals surface area contributed by atoms with E-state index in [0.717, 1.165) is 23.0 Å². The van der Waals surface area contributed by atoms with Gasteiger partial charge in [0.05, 0.1) is 36.9 Å². The van der Waals surface area contributed by atoms with Gasteiger partial charge in [0.25, 0.3) is 0 Å². The highest BCUT2D eigenvalue weighted by atomic mass is 16.6. The van der Waals surface area contributed by atoms with Crippen LogP contribution in [0.25, 0.3) is 16.9 Å². The maximum Gasteiger partial charge on any atom is 0.410 e. The van der Waals surface area contributed by atoms with E-state index in [1.807, 2.05) is 26.8 Å². The summed E-state index contributed by atoms with van der Waals surface area (Å²) in [5.41, 5.74) is 6.11. The van der Waals surface area contributed by atoms with Gasteiger partial charge < -0.3 is 30.4 Å². The standard InChI is InChI=1S/C25H34N8O3/c1-17-15-35-12-11-32(17)21-13-19(18-14-29-33(22(18)30-21)20(28)5-8-26)25(16-27)6-9-31(10-7-25)23(34)36-24(2,3)4/h5,8,13-14,17,26H,6-7,9-12,15,28H2,1-4H3/t17-/m1/s1. The molecule has 11 nitrogen and oxygen atoms in total. The number of nitriles is 1. The third-order valence-electron chi connectivity index (χ3n) is 6.69. The summed E-state index contributed by atoms with van der Waals surface area (Å²) in [5.74, 6) is 0.985. The van der Waals surface area contributed by atoms with E-state index in [2.05, 4.69) is 23.0 Å². The number of rotatable bonds is 4. The van der Waals surface area contributed by atoms with Crippen molar-refractivity contribution in [3.63, 3.8) is 0 Å². The van der Waals surface area contributed by atoms with Gasteiger partial charge in [0.2, 0.25) is 0 Å². The molecule has 192 valence electrons. The van der Waals surface area contributed by atoms with Crippen molar-refractivity contribution in [3.8, 4) is 6.07 Å². The number of hydrogen-bond donors (Lipinski definition) is 2. The molecule has 36 heavy (non-hydrogen) atoms. The lowest BCUT2D eigenvalue weighted by molar-refractivity contribution is 0.0185. The Balaban J connectivity index is 1.77. The average Bonchev–Trinajstić information content (AvgIpc) is 3.27. The van der Waals surface area contributed by atoms with Crippen LogP contribution in [0.2, 0.25) is 0 Å². The first-order valence-electron chi connectivity index (χ1n) is 12.2. The molecule has 11 heteroatoms. The van der Waals surface area contributed by atoms with Gasteiger partial charge in [0.15, 0.2) is 5.65 Å². The van der Waals surface area contributed by atoms with Crippen molar-refractivity contribution in [2.75, 3.05) is 37.7 Å². The highest BCUT2D eigenvalue weighted by Crippen LogP contribution is 2.41. The summed E-state index contributed by atoms with van der Waals surface area (Å²) in [7, 11) is 0. The van der Waals surface area contributed by atoms with Crippen molar-refractivity contribution >= 4 is 35.0 Å². The van der Waals surface area contributed by atoms with Crippen LogP contribution in [0.15, 0.2) is 18.3 Å². The topological polar surface area (TPSA) is 146 Å². The normalized spacial score (nSPS) is 20.8. The second-order valence-corrected chi connectivity index (χ2v) is 10.4. The molecule has 0 saturated carbocycles. The number of morpholine rings is 1. The maximum atomic E-state index is 12.6. The van der Waals surface area contributed by atoms with E-state index in [1.165, 1.54) is 10.8 Å². The molecule has 1 atom stereocenters. The monoisotopic (exact) mass is 494 g/mol. The van der Waals surface area contributed by atoms with Gasteiger partial charge in [-0.15, -0.1) is 0 Å². The van der Waals surface area contributed by atoms with Crippen LogP contribution in [-0.2, 0) is 14.9 Å². The third-order valence-corrected chi connectivity index (χ3v) is 6.69. The number of pyridine rings is 1. The number of anilines is 1. The van der Waals surface area contributed by atoms with E-state index in [-0.39, 0.29) is 18.0 Å². The van der Waals surface area contributed by atoms with E-state index in [0.29, 0.717) is 51.3 Å². The summed E-state index contributed by atoms with van der Waals surface area (Å²) < 4.78 is 12.7. The van der Waals surface area contributed by atoms with Crippen LogP contribution in [0.1, 0.15) is 46.1 Å². The number of hydrogen-bond acceptors (Lipinski definition) is 9. The number of fused-ring (bicyclic) bond motifs is 1. The first-order valence-corrected chi connectivity index (χ1v) is 12.2. The lowest BCUT2D eigenvalue weighted by Crippen LogP contribution is -2.47. The number of amides is 1. The number of allylic oxidation sites excluding steroid dienone is 1. The number of nitrogens with one attached hydrogen (secondary N) is 1. The Kier molecular flexibility index (Phi) is 6.91. The predicted molar refractivity (Wildman–Crippen MR) is 137 cm³/mol. The van der Waals surface area contributed by atoms with Crippen LogP contribution in [0.3, 0.4) is 0 Å². The molecule has 3 N–H and O–H groups in total. The van der Waals surface area contributed by atoms with Crippen molar-refractivity contribution in [1.82, 2.24) is 19.7 Å². The van der Waals surface area contributed by atoms with Crippen molar-refractivity contribution in [3.05, 3.63) is 23.9 Å². The Morgan fingerprint density at radius 2 is 2.08 bits per heavy atom. The number of likely N-dealkylation sites (tertiary alicyclic amines) is 1. The molecular weight excluding hydrogens is 460 g/mol. The lowest BCUT2D eigenvalue weighted by Gasteiger charge is -2.39. The minimum absolute atomic E-state index is 0.106. The van der Waals surface area contributed by atoms with Gasteiger partial charge in [0, 0.05) is 31.2 Å². The lowest BCUT2D eigenvalue weighted by atomic mass is 9.73. The number of aromatic nitrogens is 3. The fourth-order valence-corrected chi connectivity index (χ4v) is 4.78. The second kappa shape index (κ2) is 9.78. The van der Waals surface area contributed by atoms with Gasteiger partial charge in [0.1, 0.15) is 17.2 Å². The van der Waals surface area contributed by atoms with Gasteiger partial charge in [-0.05, 0) is 58.2 Å². The fraction of sp³-hybridized carbons (Fsp3) is 0.560. The first kappa shape index (κ1) is 25.4. The molecule has 2 aromatic rings. The Morgan fingerprint density at radius 3 is 2.69 bits per heavy atom. The molecule has 4 rings (SSSR count). The van der Waals surface area contributed by atoms with Gasteiger partial charge in [-0.1, -0.05) is 0 Å². The van der Waals surface area contributed by atoms with Crippen molar-refractivity contribution in [2.24, 2.45) is 5.73 Å². The zero-order chi connectivity index (χ0) is 26.1. The average molecular weight is 495 g/mol. The Labute approximate surface area is 210 Å². The van der Waals surface area contributed by atoms with Crippen molar-refractivity contribution in [1.29, 1.82) is 10.7 Å². The number of carbonyl (C=O) groups is 1. The van der Waals surface area contributed by atoms with Crippen LogP contribution < -0.4 is 10.6 Å². The quantitative estimate of drug-likeness (QED) is 0.617. The Hall–Kier alpha value is -3.65. The van der Waals surface area contributed by atoms with Crippen LogP contribution >= 0.6 is 0 Å². The zero-order valence-electron chi connectivity index (χ0n) is 21.3. The van der Waals surface area contributed by atoms with Gasteiger partial charge in [-0.3, -0.25) is 0 Å². The predicted octanol–water partition coefficient (Wildman–Crippen LogP) is 2.86. The number of nitrogens with two attached hydrogens (primary N) is 1. The first-order chi connectivity index (χ1) is 17.1. The summed E-state index contributed by atoms with van der Waals surface area (Å²) in [4.78, 5) is 21.4. The van der Waals surface area contributed by atoms with Crippen molar-refractivity contribution < 1.29 is 14.3 Å². The van der Waals surface area contributed by atoms with E-state index in [4.69, 9.17) is 25.6 Å². The zero-order valence-corrected chi connectivity index (χ0v) is 21.3. The van der Waals surface area contributed by atoms with Gasteiger partial charge in [-0.2, -0.15) is 15.0 Å². The summed E-state index contributed by atoms with van der Waals surface area (Å²) in [5, 5.41) is 23.1. The van der Waals surface area contributed by atoms with Crippen LogP contribution in [0, 0.1) is 16.7 Å². The summed E-state index contributed by atoms with van der Waals surface area (Å²) >= 11 is 0. The summed E-state index contributed by atoms with van der Waals surface area (Å²) in [6.07, 6.45) is 4.76. The molecule has 0 aromatic carbocycles. The molecule has 0 aliphatic carbocycles. The number of carbonyl (C=O) groups excluding carboxylic acids is 1. The van der Waals surface area contributed by atoms with Crippen LogP contribution in [-0.4, -0.2) is 76.5 Å². The highest BCUT2D eigenvalue weighted by Gasteiger charge is 2.41.